The number of halogens is 1. The summed E-state index contributed by atoms with van der Waals surface area (Å²) in [5, 5.41) is 2.81. The van der Waals surface area contributed by atoms with Gasteiger partial charge in [-0.1, -0.05) is 18.2 Å². The Morgan fingerprint density at radius 3 is 2.41 bits per heavy atom. The first-order chi connectivity index (χ1) is 13.6. The van der Waals surface area contributed by atoms with Crippen LogP contribution in [0.4, 0.5) is 14.9 Å². The number of anilines is 1. The van der Waals surface area contributed by atoms with E-state index in [1.54, 1.807) is 52.0 Å². The number of carbonyl (C=O) groups is 2. The third-order valence-electron chi connectivity index (χ3n) is 4.29. The maximum atomic E-state index is 13.2. The van der Waals surface area contributed by atoms with Gasteiger partial charge < -0.3 is 14.8 Å². The van der Waals surface area contributed by atoms with Crippen molar-refractivity contribution in [3.05, 3.63) is 59.4 Å². The molecule has 0 saturated carbocycles. The summed E-state index contributed by atoms with van der Waals surface area (Å²) < 4.78 is 24.3. The maximum Gasteiger partial charge on any atom is 0.410 e. The smallest absolute Gasteiger partial charge is 0.410 e. The van der Waals surface area contributed by atoms with Gasteiger partial charge in [-0.15, -0.1) is 0 Å². The van der Waals surface area contributed by atoms with Crippen LogP contribution >= 0.6 is 0 Å². The van der Waals surface area contributed by atoms with Crippen molar-refractivity contribution in [3.63, 3.8) is 0 Å². The lowest BCUT2D eigenvalue weighted by Crippen LogP contribution is -2.36. The maximum absolute atomic E-state index is 13.2. The van der Waals surface area contributed by atoms with Crippen molar-refractivity contribution in [3.8, 4) is 5.75 Å². The number of rotatable bonds is 4. The van der Waals surface area contributed by atoms with Crippen molar-refractivity contribution < 1.29 is 23.5 Å². The minimum absolute atomic E-state index is 0.218. The molecular weight excluding hydrogens is 375 g/mol. The second-order valence-corrected chi connectivity index (χ2v) is 8.04. The van der Waals surface area contributed by atoms with Gasteiger partial charge in [0.1, 0.15) is 17.2 Å². The van der Waals surface area contributed by atoms with Gasteiger partial charge >= 0.3 is 6.09 Å². The first-order valence-electron chi connectivity index (χ1n) is 9.43. The van der Waals surface area contributed by atoms with Crippen molar-refractivity contribution >= 4 is 17.7 Å². The minimum Gasteiger partial charge on any atom is -0.479 e. The van der Waals surface area contributed by atoms with Gasteiger partial charge in [0.15, 0.2) is 6.10 Å². The average Bonchev–Trinajstić information content (AvgIpc) is 2.62. The van der Waals surface area contributed by atoms with Gasteiger partial charge in [0.25, 0.3) is 5.91 Å². The Kier molecular flexibility index (Phi) is 5.77. The highest BCUT2D eigenvalue weighted by Gasteiger charge is 2.25. The van der Waals surface area contributed by atoms with Gasteiger partial charge in [0, 0.05) is 13.1 Å². The van der Waals surface area contributed by atoms with E-state index in [4.69, 9.17) is 9.47 Å². The Morgan fingerprint density at radius 2 is 1.76 bits per heavy atom. The van der Waals surface area contributed by atoms with Gasteiger partial charge in [0.2, 0.25) is 0 Å². The van der Waals surface area contributed by atoms with Crippen molar-refractivity contribution in [2.45, 2.75) is 52.5 Å². The lowest BCUT2D eigenvalue weighted by Gasteiger charge is -2.28. The van der Waals surface area contributed by atoms with E-state index in [0.29, 0.717) is 11.4 Å². The summed E-state index contributed by atoms with van der Waals surface area (Å²) in [6.45, 7) is 7.59. The molecule has 6 nitrogen and oxygen atoms in total. The summed E-state index contributed by atoms with van der Waals surface area (Å²) in [6, 6.07) is 11.4. The van der Waals surface area contributed by atoms with Crippen molar-refractivity contribution in [2.24, 2.45) is 0 Å². The minimum atomic E-state index is -0.647. The molecule has 1 N–H and O–H groups in total. The summed E-state index contributed by atoms with van der Waals surface area (Å²) >= 11 is 0. The van der Waals surface area contributed by atoms with Crippen molar-refractivity contribution in [2.75, 3.05) is 5.32 Å². The van der Waals surface area contributed by atoms with E-state index in [2.05, 4.69) is 5.32 Å². The Balaban J connectivity index is 1.82. The molecule has 0 fully saturated rings. The molecule has 0 aliphatic carbocycles. The molecule has 29 heavy (non-hydrogen) atoms. The van der Waals surface area contributed by atoms with Gasteiger partial charge in [-0.25, -0.2) is 9.18 Å². The van der Waals surface area contributed by atoms with Crippen LogP contribution in [0.3, 0.4) is 0 Å². The number of amides is 2. The van der Waals surface area contributed by atoms with E-state index in [0.717, 1.165) is 11.1 Å². The number of nitrogens with one attached hydrogen (secondary N) is 1. The monoisotopic (exact) mass is 400 g/mol. The molecule has 7 heteroatoms. The fourth-order valence-corrected chi connectivity index (χ4v) is 2.90. The van der Waals surface area contributed by atoms with Crippen LogP contribution in [0.25, 0.3) is 0 Å². The third-order valence-corrected chi connectivity index (χ3v) is 4.29. The third kappa shape index (κ3) is 5.47. The fourth-order valence-electron chi connectivity index (χ4n) is 2.90. The van der Waals surface area contributed by atoms with Crippen LogP contribution in [0, 0.1) is 5.82 Å². The molecule has 2 aromatic carbocycles. The Bertz CT molecular complexity index is 906. The molecule has 1 unspecified atom stereocenters. The van der Waals surface area contributed by atoms with Gasteiger partial charge in [-0.05, 0) is 63.1 Å². The number of benzene rings is 2. The molecule has 1 aliphatic heterocycles. The largest absolute Gasteiger partial charge is 0.479 e. The molecule has 3 rings (SSSR count). The zero-order chi connectivity index (χ0) is 21.2. The highest BCUT2D eigenvalue weighted by molar-refractivity contribution is 5.97. The second kappa shape index (κ2) is 8.11. The summed E-state index contributed by atoms with van der Waals surface area (Å²) in [4.78, 5) is 26.2. The standard InChI is InChI=1S/C22H25FN2O4/c1-14-20(26)24-18-11-16(7-10-19(18)28-14)13-25(21(27)29-22(2,3)4)12-15-5-8-17(23)9-6-15/h5-11,14H,12-13H2,1-4H3,(H,24,26). The number of nitrogens with zero attached hydrogens (tertiary/aromatic N) is 1. The average molecular weight is 400 g/mol. The summed E-state index contributed by atoms with van der Waals surface area (Å²) in [5.74, 6) is 0.0328. The first-order valence-corrected chi connectivity index (χ1v) is 9.43. The van der Waals surface area contributed by atoms with E-state index >= 15 is 0 Å². The van der Waals surface area contributed by atoms with Crippen LogP contribution in [-0.2, 0) is 22.6 Å². The van der Waals surface area contributed by atoms with E-state index in [1.165, 1.54) is 17.0 Å². The van der Waals surface area contributed by atoms with E-state index in [-0.39, 0.29) is 24.8 Å². The lowest BCUT2D eigenvalue weighted by molar-refractivity contribution is -0.122. The van der Waals surface area contributed by atoms with Crippen LogP contribution in [0.5, 0.6) is 5.75 Å². The topological polar surface area (TPSA) is 67.9 Å². The lowest BCUT2D eigenvalue weighted by atomic mass is 10.1. The van der Waals surface area contributed by atoms with Crippen LogP contribution < -0.4 is 10.1 Å². The zero-order valence-corrected chi connectivity index (χ0v) is 17.0. The summed E-state index contributed by atoms with van der Waals surface area (Å²) in [5.41, 5.74) is 1.50. The molecule has 0 bridgehead atoms. The van der Waals surface area contributed by atoms with Crippen LogP contribution in [-0.4, -0.2) is 28.6 Å². The predicted molar refractivity (Wildman–Crippen MR) is 107 cm³/mol. The number of ether oxygens (including phenoxy) is 2. The number of fused-ring (bicyclic) bond motifs is 1. The fraction of sp³-hybridized carbons (Fsp3) is 0.364. The molecule has 2 amide bonds. The Hall–Kier alpha value is -3.09. The van der Waals surface area contributed by atoms with Gasteiger partial charge in [-0.3, -0.25) is 9.69 Å². The summed E-state index contributed by atoms with van der Waals surface area (Å²) in [6.07, 6.45) is -1.03. The zero-order valence-electron chi connectivity index (χ0n) is 17.0. The SMILES string of the molecule is CC1Oc2ccc(CN(Cc3ccc(F)cc3)C(=O)OC(C)(C)C)cc2NC1=O. The van der Waals surface area contributed by atoms with E-state index in [9.17, 15) is 14.0 Å². The molecule has 1 aliphatic rings. The number of carbonyl (C=O) groups excluding carboxylic acids is 2. The highest BCUT2D eigenvalue weighted by Crippen LogP contribution is 2.31. The predicted octanol–water partition coefficient (Wildman–Crippen LogP) is 4.48. The second-order valence-electron chi connectivity index (χ2n) is 8.04. The molecular formula is C22H25FN2O4. The van der Waals surface area contributed by atoms with Crippen molar-refractivity contribution in [1.82, 2.24) is 4.90 Å². The molecule has 1 heterocycles. The Labute approximate surface area is 169 Å². The molecule has 0 aromatic heterocycles. The highest BCUT2D eigenvalue weighted by atomic mass is 19.1. The van der Waals surface area contributed by atoms with E-state index < -0.39 is 17.8 Å². The van der Waals surface area contributed by atoms with Crippen molar-refractivity contribution in [1.29, 1.82) is 0 Å². The Morgan fingerprint density at radius 1 is 1.14 bits per heavy atom. The molecule has 1 atom stereocenters. The molecule has 0 saturated heterocycles. The molecule has 0 spiro atoms. The van der Waals surface area contributed by atoms with Crippen LogP contribution in [0.1, 0.15) is 38.8 Å². The van der Waals surface area contributed by atoms with Gasteiger partial charge in [0.05, 0.1) is 5.69 Å². The van der Waals surface area contributed by atoms with Gasteiger partial charge in [-0.2, -0.15) is 0 Å². The molecule has 0 radical (unpaired) electrons. The van der Waals surface area contributed by atoms with Crippen LogP contribution in [0.2, 0.25) is 0 Å². The molecule has 154 valence electrons. The van der Waals surface area contributed by atoms with Crippen LogP contribution in [0.15, 0.2) is 42.5 Å². The first kappa shape index (κ1) is 20.6. The molecule has 2 aromatic rings. The van der Waals surface area contributed by atoms with E-state index in [1.807, 2.05) is 6.07 Å². The number of hydrogen-bond acceptors (Lipinski definition) is 4. The number of hydrogen-bond donors (Lipinski definition) is 1. The summed E-state index contributed by atoms with van der Waals surface area (Å²) in [7, 11) is 0. The quantitative estimate of drug-likeness (QED) is 0.822. The normalized spacial score (nSPS) is 15.8.